The average molecular weight is 266 g/mol. The van der Waals surface area contributed by atoms with E-state index in [2.05, 4.69) is 5.32 Å². The van der Waals surface area contributed by atoms with Crippen molar-refractivity contribution in [3.63, 3.8) is 0 Å². The van der Waals surface area contributed by atoms with E-state index in [-0.39, 0.29) is 5.91 Å². The van der Waals surface area contributed by atoms with Gasteiger partial charge in [0.05, 0.1) is 20.3 Å². The van der Waals surface area contributed by atoms with Crippen LogP contribution in [0.15, 0.2) is 18.2 Å². The van der Waals surface area contributed by atoms with Crippen LogP contribution in [-0.2, 0) is 11.2 Å². The van der Waals surface area contributed by atoms with Crippen molar-refractivity contribution in [1.82, 2.24) is 5.32 Å². The molecule has 1 aromatic rings. The fraction of sp³-hybridized carbons (Fsp3) is 0.500. The lowest BCUT2D eigenvalue weighted by Gasteiger charge is -2.11. The van der Waals surface area contributed by atoms with Crippen molar-refractivity contribution in [1.29, 1.82) is 0 Å². The Labute approximate surface area is 114 Å². The molecule has 1 aromatic carbocycles. The van der Waals surface area contributed by atoms with Crippen LogP contribution in [0.4, 0.5) is 0 Å². The number of nitrogens with two attached hydrogens (primary N) is 1. The smallest absolute Gasteiger partial charge is 0.236 e. The standard InChI is InChI=1S/C14H22N2O3/c1-10(15)14(17)16-8-4-5-11-9-12(18-2)6-7-13(11)19-3/h6-7,9-10H,4-5,8,15H2,1-3H3,(H,16,17). The van der Waals surface area contributed by atoms with Gasteiger partial charge in [0, 0.05) is 6.54 Å². The van der Waals surface area contributed by atoms with Crippen molar-refractivity contribution < 1.29 is 14.3 Å². The first-order valence-corrected chi connectivity index (χ1v) is 6.32. The van der Waals surface area contributed by atoms with Gasteiger partial charge in [-0.1, -0.05) is 0 Å². The molecule has 3 N–H and O–H groups in total. The van der Waals surface area contributed by atoms with E-state index in [1.807, 2.05) is 18.2 Å². The number of hydrogen-bond acceptors (Lipinski definition) is 4. The first-order valence-electron chi connectivity index (χ1n) is 6.32. The molecule has 1 unspecified atom stereocenters. The van der Waals surface area contributed by atoms with Gasteiger partial charge >= 0.3 is 0 Å². The fourth-order valence-electron chi connectivity index (χ4n) is 1.73. The van der Waals surface area contributed by atoms with Crippen LogP contribution < -0.4 is 20.5 Å². The van der Waals surface area contributed by atoms with E-state index in [0.717, 1.165) is 29.9 Å². The summed E-state index contributed by atoms with van der Waals surface area (Å²) in [6.45, 7) is 2.27. The second-order valence-electron chi connectivity index (χ2n) is 4.36. The summed E-state index contributed by atoms with van der Waals surface area (Å²) >= 11 is 0. The van der Waals surface area contributed by atoms with E-state index in [1.165, 1.54) is 0 Å². The number of carbonyl (C=O) groups excluding carboxylic acids is 1. The van der Waals surface area contributed by atoms with Crippen LogP contribution in [0.3, 0.4) is 0 Å². The molecule has 0 bridgehead atoms. The van der Waals surface area contributed by atoms with Crippen molar-refractivity contribution >= 4 is 5.91 Å². The minimum Gasteiger partial charge on any atom is -0.497 e. The Morgan fingerprint density at radius 1 is 1.37 bits per heavy atom. The maximum atomic E-state index is 11.3. The highest BCUT2D eigenvalue weighted by Gasteiger charge is 2.07. The van der Waals surface area contributed by atoms with Crippen LogP contribution in [0, 0.1) is 0 Å². The summed E-state index contributed by atoms with van der Waals surface area (Å²) in [6, 6.07) is 5.23. The monoisotopic (exact) mass is 266 g/mol. The molecule has 0 aliphatic heterocycles. The molecule has 5 heteroatoms. The van der Waals surface area contributed by atoms with E-state index < -0.39 is 6.04 Å². The summed E-state index contributed by atoms with van der Waals surface area (Å²) in [5.41, 5.74) is 6.53. The highest BCUT2D eigenvalue weighted by atomic mass is 16.5. The molecule has 0 aliphatic rings. The van der Waals surface area contributed by atoms with Gasteiger partial charge in [0.15, 0.2) is 0 Å². The Morgan fingerprint density at radius 3 is 2.68 bits per heavy atom. The number of ether oxygens (including phenoxy) is 2. The Hall–Kier alpha value is -1.75. The molecule has 1 rings (SSSR count). The fourth-order valence-corrected chi connectivity index (χ4v) is 1.73. The normalized spacial score (nSPS) is 11.8. The first-order chi connectivity index (χ1) is 9.08. The second kappa shape index (κ2) is 7.63. The molecule has 1 amide bonds. The van der Waals surface area contributed by atoms with Crippen molar-refractivity contribution in [3.8, 4) is 11.5 Å². The van der Waals surface area contributed by atoms with E-state index in [9.17, 15) is 4.79 Å². The highest BCUT2D eigenvalue weighted by Crippen LogP contribution is 2.24. The second-order valence-corrected chi connectivity index (χ2v) is 4.36. The minimum atomic E-state index is -0.466. The van der Waals surface area contributed by atoms with Crippen molar-refractivity contribution in [2.45, 2.75) is 25.8 Å². The third kappa shape index (κ3) is 4.79. The van der Waals surface area contributed by atoms with E-state index in [4.69, 9.17) is 15.2 Å². The molecule has 0 aromatic heterocycles. The largest absolute Gasteiger partial charge is 0.497 e. The maximum Gasteiger partial charge on any atom is 0.236 e. The Balaban J connectivity index is 2.50. The van der Waals surface area contributed by atoms with Crippen LogP contribution in [0.2, 0.25) is 0 Å². The molecule has 0 saturated heterocycles. The third-order valence-corrected chi connectivity index (χ3v) is 2.82. The summed E-state index contributed by atoms with van der Waals surface area (Å²) < 4.78 is 10.5. The quantitative estimate of drug-likeness (QED) is 0.725. The maximum absolute atomic E-state index is 11.3. The molecular formula is C14H22N2O3. The molecule has 106 valence electrons. The van der Waals surface area contributed by atoms with Crippen molar-refractivity contribution in [2.24, 2.45) is 5.73 Å². The predicted octanol–water partition coefficient (Wildman–Crippen LogP) is 1.10. The molecule has 0 fully saturated rings. The van der Waals surface area contributed by atoms with Gasteiger partial charge in [-0.25, -0.2) is 0 Å². The molecule has 0 radical (unpaired) electrons. The lowest BCUT2D eigenvalue weighted by atomic mass is 10.1. The van der Waals surface area contributed by atoms with Crippen molar-refractivity contribution in [3.05, 3.63) is 23.8 Å². The summed E-state index contributed by atoms with van der Waals surface area (Å²) in [5, 5.41) is 2.78. The van der Waals surface area contributed by atoms with Gasteiger partial charge in [-0.3, -0.25) is 4.79 Å². The predicted molar refractivity (Wildman–Crippen MR) is 74.5 cm³/mol. The number of nitrogens with one attached hydrogen (secondary N) is 1. The molecule has 19 heavy (non-hydrogen) atoms. The van der Waals surface area contributed by atoms with Gasteiger partial charge in [-0.05, 0) is 43.5 Å². The average Bonchev–Trinajstić information content (AvgIpc) is 2.42. The van der Waals surface area contributed by atoms with Gasteiger partial charge in [-0.15, -0.1) is 0 Å². The number of methoxy groups -OCH3 is 2. The molecule has 0 saturated carbocycles. The number of amides is 1. The van der Waals surface area contributed by atoms with Crippen LogP contribution in [-0.4, -0.2) is 32.7 Å². The summed E-state index contributed by atoms with van der Waals surface area (Å²) in [5.74, 6) is 1.51. The number of hydrogen-bond donors (Lipinski definition) is 2. The van der Waals surface area contributed by atoms with Gasteiger partial charge in [0.2, 0.25) is 5.91 Å². The molecule has 0 aliphatic carbocycles. The SMILES string of the molecule is COc1ccc(OC)c(CCCNC(=O)C(C)N)c1. The number of rotatable bonds is 7. The molecule has 1 atom stereocenters. The summed E-state index contributed by atoms with van der Waals surface area (Å²) in [4.78, 5) is 11.3. The molecule has 0 heterocycles. The minimum absolute atomic E-state index is 0.127. The van der Waals surface area contributed by atoms with Gasteiger partial charge in [-0.2, -0.15) is 0 Å². The zero-order valence-corrected chi connectivity index (χ0v) is 11.7. The van der Waals surface area contributed by atoms with Crippen molar-refractivity contribution in [2.75, 3.05) is 20.8 Å². The van der Waals surface area contributed by atoms with E-state index in [1.54, 1.807) is 21.1 Å². The lowest BCUT2D eigenvalue weighted by molar-refractivity contribution is -0.121. The first kappa shape index (κ1) is 15.3. The highest BCUT2D eigenvalue weighted by molar-refractivity contribution is 5.80. The van der Waals surface area contributed by atoms with E-state index in [0.29, 0.717) is 6.54 Å². The van der Waals surface area contributed by atoms with Crippen LogP contribution in [0.1, 0.15) is 18.9 Å². The Bertz CT molecular complexity index is 419. The Kier molecular flexibility index (Phi) is 6.15. The summed E-state index contributed by atoms with van der Waals surface area (Å²) in [7, 11) is 3.28. The van der Waals surface area contributed by atoms with Gasteiger partial charge < -0.3 is 20.5 Å². The zero-order valence-electron chi connectivity index (χ0n) is 11.7. The Morgan fingerprint density at radius 2 is 2.11 bits per heavy atom. The van der Waals surface area contributed by atoms with Crippen LogP contribution >= 0.6 is 0 Å². The topological polar surface area (TPSA) is 73.6 Å². The number of benzene rings is 1. The van der Waals surface area contributed by atoms with Crippen LogP contribution in [0.5, 0.6) is 11.5 Å². The summed E-state index contributed by atoms with van der Waals surface area (Å²) in [6.07, 6.45) is 1.63. The van der Waals surface area contributed by atoms with Gasteiger partial charge in [0.1, 0.15) is 11.5 Å². The lowest BCUT2D eigenvalue weighted by Crippen LogP contribution is -2.38. The molecule has 5 nitrogen and oxygen atoms in total. The van der Waals surface area contributed by atoms with Gasteiger partial charge in [0.25, 0.3) is 0 Å². The third-order valence-electron chi connectivity index (χ3n) is 2.82. The number of carbonyl (C=O) groups is 1. The number of aryl methyl sites for hydroxylation is 1. The van der Waals surface area contributed by atoms with Crippen LogP contribution in [0.25, 0.3) is 0 Å². The molecule has 0 spiro atoms. The van der Waals surface area contributed by atoms with E-state index >= 15 is 0 Å². The molecular weight excluding hydrogens is 244 g/mol. The zero-order chi connectivity index (χ0) is 14.3.